The van der Waals surface area contributed by atoms with E-state index < -0.39 is 25.2 Å². The van der Waals surface area contributed by atoms with Crippen LogP contribution in [0.3, 0.4) is 0 Å². The van der Waals surface area contributed by atoms with Crippen molar-refractivity contribution in [2.75, 3.05) is 38.0 Å². The van der Waals surface area contributed by atoms with Crippen LogP contribution in [0, 0.1) is 6.92 Å². The molecule has 7 heteroatoms. The second kappa shape index (κ2) is 9.73. The summed E-state index contributed by atoms with van der Waals surface area (Å²) in [6, 6.07) is 19.4. The molecule has 3 aliphatic rings. The summed E-state index contributed by atoms with van der Waals surface area (Å²) in [6.45, 7) is 7.47. The number of hydrogen-bond acceptors (Lipinski definition) is 6. The zero-order valence-corrected chi connectivity index (χ0v) is 27.2. The fourth-order valence-electron chi connectivity index (χ4n) is 7.38. The number of carbonyl (C=O) groups excluding carboxylic acids is 2. The maximum absolute atomic E-state index is 13.8. The topological polar surface area (TPSA) is 59.1 Å². The Labute approximate surface area is 250 Å². The van der Waals surface area contributed by atoms with Crippen molar-refractivity contribution in [1.82, 2.24) is 0 Å². The van der Waals surface area contributed by atoms with Gasteiger partial charge in [0.1, 0.15) is 13.7 Å². The van der Waals surface area contributed by atoms with Gasteiger partial charge in [0.15, 0.2) is 5.60 Å². The first kappa shape index (κ1) is 28.5. The van der Waals surface area contributed by atoms with Gasteiger partial charge in [-0.25, -0.2) is 9.59 Å². The molecule has 3 heterocycles. The molecule has 3 aromatic carbocycles. The van der Waals surface area contributed by atoms with Gasteiger partial charge in [0.25, 0.3) is 0 Å². The average molecular weight is 583 g/mol. The van der Waals surface area contributed by atoms with Gasteiger partial charge in [0.05, 0.1) is 11.1 Å². The molecule has 0 atom stereocenters. The Morgan fingerprint density at radius 1 is 0.833 bits per heavy atom. The van der Waals surface area contributed by atoms with Crippen LogP contribution in [0.25, 0.3) is 0 Å². The number of rotatable bonds is 3. The molecule has 0 aromatic heterocycles. The largest absolute Gasteiger partial charge is 0.456 e. The first-order valence-electron chi connectivity index (χ1n) is 15.0. The molecular formula is C35H42N2O4Si. The summed E-state index contributed by atoms with van der Waals surface area (Å²) in [5, 5.41) is 2.72. The summed E-state index contributed by atoms with van der Waals surface area (Å²) in [4.78, 5) is 31.6. The van der Waals surface area contributed by atoms with Crippen LogP contribution < -0.4 is 20.2 Å². The minimum atomic E-state index is -2.22. The van der Waals surface area contributed by atoms with Crippen molar-refractivity contribution in [2.45, 2.75) is 70.2 Å². The number of aryl methyl sites for hydroxylation is 1. The molecule has 42 heavy (non-hydrogen) atoms. The highest BCUT2D eigenvalue weighted by Crippen LogP contribution is 2.51. The Morgan fingerprint density at radius 2 is 1.38 bits per heavy atom. The SMILES string of the molecule is Cc1cc2c(cc1C(=O)OC(C)(C)C)C1(OC2=O)c2ccc(N(C)C)cc2[Si]2(CCCCC2)c2cc(N(C)C)ccc21. The number of carbonyl (C=O) groups is 2. The van der Waals surface area contributed by atoms with Crippen LogP contribution in [0.2, 0.25) is 12.1 Å². The quantitative estimate of drug-likeness (QED) is 0.296. The molecule has 0 aliphatic carbocycles. The van der Waals surface area contributed by atoms with E-state index in [1.165, 1.54) is 41.7 Å². The number of ether oxygens (including phenoxy) is 2. The van der Waals surface area contributed by atoms with E-state index in [1.54, 1.807) is 0 Å². The monoisotopic (exact) mass is 582 g/mol. The van der Waals surface area contributed by atoms with Gasteiger partial charge in [-0.1, -0.05) is 31.4 Å². The molecule has 1 saturated heterocycles. The number of hydrogen-bond donors (Lipinski definition) is 0. The highest BCUT2D eigenvalue weighted by molar-refractivity contribution is 7.03. The average Bonchev–Trinajstić information content (AvgIpc) is 3.22. The molecule has 0 N–H and O–H groups in total. The molecule has 1 fully saturated rings. The van der Waals surface area contributed by atoms with Crippen LogP contribution in [0.1, 0.15) is 83.0 Å². The molecule has 6 nitrogen and oxygen atoms in total. The van der Waals surface area contributed by atoms with Crippen molar-refractivity contribution in [1.29, 1.82) is 0 Å². The van der Waals surface area contributed by atoms with E-state index in [2.05, 4.69) is 74.4 Å². The smallest absolute Gasteiger partial charge is 0.340 e. The molecule has 0 bridgehead atoms. The number of fused-ring (bicyclic) bond motifs is 8. The van der Waals surface area contributed by atoms with Crippen LogP contribution in [-0.2, 0) is 15.1 Å². The zero-order chi connectivity index (χ0) is 30.2. The van der Waals surface area contributed by atoms with E-state index in [4.69, 9.17) is 9.47 Å². The Bertz CT molecular complexity index is 1550. The summed E-state index contributed by atoms with van der Waals surface area (Å²) in [6.07, 6.45) is 3.66. The molecule has 6 rings (SSSR count). The highest BCUT2D eigenvalue weighted by atomic mass is 28.3. The van der Waals surface area contributed by atoms with Gasteiger partial charge in [0, 0.05) is 56.3 Å². The van der Waals surface area contributed by atoms with E-state index in [1.807, 2.05) is 39.8 Å². The number of anilines is 2. The lowest BCUT2D eigenvalue weighted by molar-refractivity contribution is 0.00684. The molecule has 0 saturated carbocycles. The molecule has 0 unspecified atom stereocenters. The van der Waals surface area contributed by atoms with Crippen molar-refractivity contribution in [3.8, 4) is 0 Å². The van der Waals surface area contributed by atoms with Crippen LogP contribution in [-0.4, -0.2) is 53.8 Å². The highest BCUT2D eigenvalue weighted by Gasteiger charge is 2.58. The summed E-state index contributed by atoms with van der Waals surface area (Å²) in [5.74, 6) is -0.743. The van der Waals surface area contributed by atoms with Crippen molar-refractivity contribution in [2.24, 2.45) is 0 Å². The molecule has 3 aromatic rings. The molecule has 0 radical (unpaired) electrons. The molecule has 2 spiro atoms. The zero-order valence-electron chi connectivity index (χ0n) is 26.2. The van der Waals surface area contributed by atoms with Gasteiger partial charge in [-0.2, -0.15) is 0 Å². The van der Waals surface area contributed by atoms with E-state index in [9.17, 15) is 9.59 Å². The lowest BCUT2D eigenvalue weighted by atomic mass is 9.78. The van der Waals surface area contributed by atoms with Crippen molar-refractivity contribution < 1.29 is 19.1 Å². The predicted octanol–water partition coefficient (Wildman–Crippen LogP) is 5.60. The number of nitrogens with zero attached hydrogens (tertiary/aromatic N) is 2. The minimum Gasteiger partial charge on any atom is -0.456 e. The van der Waals surface area contributed by atoms with Crippen LogP contribution in [0.5, 0.6) is 0 Å². The maximum Gasteiger partial charge on any atom is 0.340 e. The second-order valence-electron chi connectivity index (χ2n) is 13.7. The fourth-order valence-corrected chi connectivity index (χ4v) is 13.1. The Balaban J connectivity index is 1.70. The van der Waals surface area contributed by atoms with E-state index in [0.717, 1.165) is 28.1 Å². The standard InChI is InChI=1S/C35H42N2O4Si/c1-22-18-26-29(21-25(22)32(38)40-34(2,3)4)35(41-33(26)39)27-14-12-23(36(5)6)19-30(27)42(16-10-9-11-17-42)31-20-24(37(7)8)13-15-28(31)35/h12-15,18-21H,9-11,16-17H2,1-8H3. The van der Waals surface area contributed by atoms with E-state index in [0.29, 0.717) is 16.7 Å². The summed E-state index contributed by atoms with van der Waals surface area (Å²) >= 11 is 0. The van der Waals surface area contributed by atoms with Crippen molar-refractivity contribution >= 4 is 41.8 Å². The van der Waals surface area contributed by atoms with Crippen LogP contribution in [0.4, 0.5) is 11.4 Å². The summed E-state index contributed by atoms with van der Waals surface area (Å²) < 4.78 is 12.5. The van der Waals surface area contributed by atoms with Gasteiger partial charge >= 0.3 is 11.9 Å². The van der Waals surface area contributed by atoms with Crippen molar-refractivity contribution in [3.63, 3.8) is 0 Å². The minimum absolute atomic E-state index is 0.352. The van der Waals surface area contributed by atoms with Gasteiger partial charge in [0.2, 0.25) is 0 Å². The third-order valence-corrected chi connectivity index (χ3v) is 14.7. The Morgan fingerprint density at radius 3 is 1.88 bits per heavy atom. The summed E-state index contributed by atoms with van der Waals surface area (Å²) in [5.41, 5.74) is 5.06. The molecule has 220 valence electrons. The van der Waals surface area contributed by atoms with Crippen LogP contribution >= 0.6 is 0 Å². The number of esters is 2. The Hall–Kier alpha value is -3.58. The van der Waals surface area contributed by atoms with Gasteiger partial charge < -0.3 is 19.3 Å². The van der Waals surface area contributed by atoms with E-state index >= 15 is 0 Å². The van der Waals surface area contributed by atoms with Crippen molar-refractivity contribution in [3.05, 3.63) is 81.9 Å². The van der Waals surface area contributed by atoms with Gasteiger partial charge in [-0.05, 0) is 92.1 Å². The van der Waals surface area contributed by atoms with Gasteiger partial charge in [-0.15, -0.1) is 0 Å². The lowest BCUT2D eigenvalue weighted by Gasteiger charge is -2.48. The van der Waals surface area contributed by atoms with Gasteiger partial charge in [-0.3, -0.25) is 0 Å². The van der Waals surface area contributed by atoms with E-state index in [-0.39, 0.29) is 5.97 Å². The molecule has 3 aliphatic heterocycles. The van der Waals surface area contributed by atoms with Crippen LogP contribution in [0.15, 0.2) is 48.5 Å². The second-order valence-corrected chi connectivity index (χ2v) is 17.9. The third kappa shape index (κ3) is 4.19. The Kier molecular flexibility index (Phi) is 6.61. The lowest BCUT2D eigenvalue weighted by Crippen LogP contribution is -2.67. The third-order valence-electron chi connectivity index (χ3n) is 9.36. The first-order chi connectivity index (χ1) is 19.8. The normalized spacial score (nSPS) is 17.8. The molecular weight excluding hydrogens is 540 g/mol. The maximum atomic E-state index is 13.8. The number of benzene rings is 3. The summed E-state index contributed by atoms with van der Waals surface area (Å²) in [7, 11) is 6.09. The predicted molar refractivity (Wildman–Crippen MR) is 172 cm³/mol. The molecule has 0 amide bonds. The first-order valence-corrected chi connectivity index (χ1v) is 17.5. The fraction of sp³-hybridized carbons (Fsp3) is 0.429.